The largest absolute Gasteiger partial charge is 0.324 e. The molecule has 2 unspecified atom stereocenters. The standard InChI is InChI=1S/C13H22N2/c1-4-11(9-15-3)13(14)12-8-6-5-7-10(12)2/h5-8,11,13,15H,4,9,14H2,1-3H3. The van der Waals surface area contributed by atoms with E-state index < -0.39 is 0 Å². The minimum absolute atomic E-state index is 0.142. The molecule has 0 radical (unpaired) electrons. The average Bonchev–Trinajstić information content (AvgIpc) is 2.25. The molecule has 0 aliphatic carbocycles. The van der Waals surface area contributed by atoms with Gasteiger partial charge in [0, 0.05) is 6.04 Å². The Morgan fingerprint density at radius 2 is 2.00 bits per heavy atom. The second kappa shape index (κ2) is 5.89. The second-order valence-corrected chi connectivity index (χ2v) is 4.11. The molecule has 0 heterocycles. The van der Waals surface area contributed by atoms with E-state index in [0.717, 1.165) is 13.0 Å². The summed E-state index contributed by atoms with van der Waals surface area (Å²) in [7, 11) is 1.98. The number of rotatable bonds is 5. The number of nitrogens with two attached hydrogens (primary N) is 1. The molecule has 2 nitrogen and oxygen atoms in total. The van der Waals surface area contributed by atoms with Gasteiger partial charge in [-0.15, -0.1) is 0 Å². The van der Waals surface area contributed by atoms with E-state index in [9.17, 15) is 0 Å². The van der Waals surface area contributed by atoms with Crippen molar-refractivity contribution < 1.29 is 0 Å². The van der Waals surface area contributed by atoms with Crippen LogP contribution in [0.2, 0.25) is 0 Å². The highest BCUT2D eigenvalue weighted by atomic mass is 14.8. The molecule has 0 saturated heterocycles. The van der Waals surface area contributed by atoms with Crippen LogP contribution in [0.4, 0.5) is 0 Å². The Balaban J connectivity index is 2.82. The molecule has 0 aliphatic heterocycles. The fourth-order valence-electron chi connectivity index (χ4n) is 2.00. The number of aryl methyl sites for hydroxylation is 1. The molecular formula is C13H22N2. The smallest absolute Gasteiger partial charge is 0.0338 e. The molecule has 1 aromatic carbocycles. The molecule has 0 fully saturated rings. The van der Waals surface area contributed by atoms with Gasteiger partial charge in [-0.2, -0.15) is 0 Å². The minimum atomic E-state index is 0.142. The van der Waals surface area contributed by atoms with Crippen molar-refractivity contribution in [3.63, 3.8) is 0 Å². The maximum absolute atomic E-state index is 6.30. The highest BCUT2D eigenvalue weighted by Crippen LogP contribution is 2.24. The Morgan fingerprint density at radius 1 is 1.33 bits per heavy atom. The quantitative estimate of drug-likeness (QED) is 0.775. The van der Waals surface area contributed by atoms with Gasteiger partial charge in [0.25, 0.3) is 0 Å². The molecule has 0 spiro atoms. The molecule has 0 aromatic heterocycles. The van der Waals surface area contributed by atoms with Gasteiger partial charge >= 0.3 is 0 Å². The Bertz CT molecular complexity index is 296. The summed E-state index contributed by atoms with van der Waals surface area (Å²) in [5.41, 5.74) is 8.87. The molecule has 1 aromatic rings. The van der Waals surface area contributed by atoms with Crippen LogP contribution in [-0.4, -0.2) is 13.6 Å². The van der Waals surface area contributed by atoms with Crippen molar-refractivity contribution in [2.75, 3.05) is 13.6 Å². The van der Waals surface area contributed by atoms with Crippen LogP contribution in [-0.2, 0) is 0 Å². The number of hydrogen-bond acceptors (Lipinski definition) is 2. The molecular weight excluding hydrogens is 184 g/mol. The van der Waals surface area contributed by atoms with Gasteiger partial charge in [0.05, 0.1) is 0 Å². The first-order valence-corrected chi connectivity index (χ1v) is 5.66. The van der Waals surface area contributed by atoms with Gasteiger partial charge in [0.1, 0.15) is 0 Å². The third-order valence-corrected chi connectivity index (χ3v) is 3.05. The molecule has 0 aliphatic rings. The minimum Gasteiger partial charge on any atom is -0.324 e. The van der Waals surface area contributed by atoms with Gasteiger partial charge in [0.15, 0.2) is 0 Å². The van der Waals surface area contributed by atoms with Crippen LogP contribution in [0.5, 0.6) is 0 Å². The van der Waals surface area contributed by atoms with Crippen molar-refractivity contribution in [2.24, 2.45) is 11.7 Å². The Labute approximate surface area is 92.9 Å². The third kappa shape index (κ3) is 3.05. The maximum atomic E-state index is 6.30. The van der Waals surface area contributed by atoms with E-state index in [1.165, 1.54) is 11.1 Å². The topological polar surface area (TPSA) is 38.0 Å². The zero-order chi connectivity index (χ0) is 11.3. The summed E-state index contributed by atoms with van der Waals surface area (Å²) in [4.78, 5) is 0. The lowest BCUT2D eigenvalue weighted by Gasteiger charge is -2.24. The van der Waals surface area contributed by atoms with E-state index in [1.54, 1.807) is 0 Å². The fraction of sp³-hybridized carbons (Fsp3) is 0.538. The Morgan fingerprint density at radius 3 is 2.53 bits per heavy atom. The van der Waals surface area contributed by atoms with E-state index >= 15 is 0 Å². The van der Waals surface area contributed by atoms with Crippen molar-refractivity contribution in [2.45, 2.75) is 26.3 Å². The molecule has 0 amide bonds. The van der Waals surface area contributed by atoms with Crippen LogP contribution in [0, 0.1) is 12.8 Å². The molecule has 0 saturated carbocycles. The molecule has 15 heavy (non-hydrogen) atoms. The van der Waals surface area contributed by atoms with Crippen molar-refractivity contribution in [3.8, 4) is 0 Å². The summed E-state index contributed by atoms with van der Waals surface area (Å²) >= 11 is 0. The van der Waals surface area contributed by atoms with Gasteiger partial charge in [-0.3, -0.25) is 0 Å². The fourth-order valence-corrected chi connectivity index (χ4v) is 2.00. The lowest BCUT2D eigenvalue weighted by molar-refractivity contribution is 0.402. The van der Waals surface area contributed by atoms with E-state index in [-0.39, 0.29) is 6.04 Å². The zero-order valence-electron chi connectivity index (χ0n) is 9.96. The van der Waals surface area contributed by atoms with Crippen molar-refractivity contribution in [1.82, 2.24) is 5.32 Å². The Hall–Kier alpha value is -0.860. The summed E-state index contributed by atoms with van der Waals surface area (Å²) in [6, 6.07) is 8.53. The monoisotopic (exact) mass is 206 g/mol. The van der Waals surface area contributed by atoms with Crippen molar-refractivity contribution in [1.29, 1.82) is 0 Å². The summed E-state index contributed by atoms with van der Waals surface area (Å²) in [6.45, 7) is 5.30. The predicted octanol–water partition coefficient (Wildman–Crippen LogP) is 2.24. The number of benzene rings is 1. The van der Waals surface area contributed by atoms with Crippen LogP contribution < -0.4 is 11.1 Å². The first kappa shape index (κ1) is 12.2. The van der Waals surface area contributed by atoms with Crippen LogP contribution in [0.3, 0.4) is 0 Å². The SMILES string of the molecule is CCC(CNC)C(N)c1ccccc1C. The van der Waals surface area contributed by atoms with E-state index in [2.05, 4.69) is 43.4 Å². The third-order valence-electron chi connectivity index (χ3n) is 3.05. The summed E-state index contributed by atoms with van der Waals surface area (Å²) in [5, 5.41) is 3.21. The number of hydrogen-bond donors (Lipinski definition) is 2. The van der Waals surface area contributed by atoms with Gasteiger partial charge < -0.3 is 11.1 Å². The van der Waals surface area contributed by atoms with Crippen LogP contribution in [0.25, 0.3) is 0 Å². The Kier molecular flexibility index (Phi) is 4.79. The average molecular weight is 206 g/mol. The van der Waals surface area contributed by atoms with Crippen molar-refractivity contribution in [3.05, 3.63) is 35.4 Å². The molecule has 2 atom stereocenters. The van der Waals surface area contributed by atoms with Gasteiger partial charge in [-0.1, -0.05) is 37.6 Å². The van der Waals surface area contributed by atoms with Crippen molar-refractivity contribution >= 4 is 0 Å². The van der Waals surface area contributed by atoms with E-state index in [1.807, 2.05) is 7.05 Å². The summed E-state index contributed by atoms with van der Waals surface area (Å²) < 4.78 is 0. The maximum Gasteiger partial charge on any atom is 0.0338 e. The highest BCUT2D eigenvalue weighted by molar-refractivity contribution is 5.28. The molecule has 84 valence electrons. The lowest BCUT2D eigenvalue weighted by atomic mass is 9.89. The summed E-state index contributed by atoms with van der Waals surface area (Å²) in [6.07, 6.45) is 1.11. The van der Waals surface area contributed by atoms with Gasteiger partial charge in [0.2, 0.25) is 0 Å². The van der Waals surface area contributed by atoms with Gasteiger partial charge in [-0.05, 0) is 37.6 Å². The zero-order valence-corrected chi connectivity index (χ0v) is 9.96. The first-order chi connectivity index (χ1) is 7.20. The molecule has 0 bridgehead atoms. The molecule has 2 heteroatoms. The second-order valence-electron chi connectivity index (χ2n) is 4.11. The molecule has 3 N–H and O–H groups in total. The van der Waals surface area contributed by atoms with Crippen LogP contribution in [0.1, 0.15) is 30.5 Å². The molecule has 1 rings (SSSR count). The first-order valence-electron chi connectivity index (χ1n) is 5.66. The van der Waals surface area contributed by atoms with E-state index in [4.69, 9.17) is 5.73 Å². The normalized spacial score (nSPS) is 14.9. The van der Waals surface area contributed by atoms with Crippen LogP contribution in [0.15, 0.2) is 24.3 Å². The number of nitrogens with one attached hydrogen (secondary N) is 1. The lowest BCUT2D eigenvalue weighted by Crippen LogP contribution is -2.29. The highest BCUT2D eigenvalue weighted by Gasteiger charge is 2.18. The van der Waals surface area contributed by atoms with Gasteiger partial charge in [-0.25, -0.2) is 0 Å². The van der Waals surface area contributed by atoms with E-state index in [0.29, 0.717) is 5.92 Å². The van der Waals surface area contributed by atoms with Crippen LogP contribution >= 0.6 is 0 Å². The predicted molar refractivity (Wildman–Crippen MR) is 65.8 cm³/mol. The summed E-state index contributed by atoms with van der Waals surface area (Å²) in [5.74, 6) is 0.510.